The summed E-state index contributed by atoms with van der Waals surface area (Å²) in [6, 6.07) is 3.02. The van der Waals surface area contributed by atoms with Gasteiger partial charge in [0.1, 0.15) is 4.90 Å². The smallest absolute Gasteiger partial charge is 0.242 e. The van der Waals surface area contributed by atoms with Gasteiger partial charge in [0.2, 0.25) is 15.9 Å². The Morgan fingerprint density at radius 1 is 1.32 bits per heavy atom. The molecule has 0 bridgehead atoms. The summed E-state index contributed by atoms with van der Waals surface area (Å²) in [6.45, 7) is 3.02. The number of nitrogens with one attached hydrogen (secondary N) is 2. The molecule has 1 aromatic heterocycles. The molecule has 7 nitrogen and oxygen atoms in total. The Hall–Kier alpha value is -0.930. The van der Waals surface area contributed by atoms with E-state index in [1.165, 1.54) is 18.5 Å². The van der Waals surface area contributed by atoms with Crippen LogP contribution in [0.5, 0.6) is 0 Å². The summed E-state index contributed by atoms with van der Waals surface area (Å²) < 4.78 is 26.2. The van der Waals surface area contributed by atoms with E-state index in [9.17, 15) is 13.2 Å². The molecular weight excluding hydrogens is 351 g/mol. The zero-order chi connectivity index (χ0) is 14.4. The molecule has 1 amide bonds. The van der Waals surface area contributed by atoms with E-state index in [0.717, 1.165) is 13.1 Å². The lowest BCUT2D eigenvalue weighted by Gasteiger charge is -2.27. The molecule has 2 N–H and O–H groups in total. The third-order valence-electron chi connectivity index (χ3n) is 3.05. The lowest BCUT2D eigenvalue weighted by Crippen LogP contribution is -2.47. The van der Waals surface area contributed by atoms with Gasteiger partial charge in [-0.3, -0.25) is 9.78 Å². The number of sulfonamides is 1. The first-order valence-corrected chi connectivity index (χ1v) is 7.96. The molecule has 0 radical (unpaired) electrons. The molecule has 1 aliphatic rings. The lowest BCUT2D eigenvalue weighted by molar-refractivity contribution is -0.131. The molecule has 1 aliphatic heterocycles. The van der Waals surface area contributed by atoms with Gasteiger partial charge < -0.3 is 10.2 Å². The predicted molar refractivity (Wildman–Crippen MR) is 88.0 cm³/mol. The van der Waals surface area contributed by atoms with E-state index in [0.29, 0.717) is 13.1 Å². The van der Waals surface area contributed by atoms with Crippen molar-refractivity contribution in [1.82, 2.24) is 19.9 Å². The molecule has 0 saturated carbocycles. The Kier molecular flexibility index (Phi) is 9.54. The van der Waals surface area contributed by atoms with Crippen LogP contribution in [0, 0.1) is 0 Å². The summed E-state index contributed by atoms with van der Waals surface area (Å²) in [6.07, 6.45) is 2.95. The van der Waals surface area contributed by atoms with E-state index in [2.05, 4.69) is 15.0 Å². The standard InChI is InChI=1S/C12H18N4O3S.2ClH/c17-12(16-8-6-13-7-9-16)3-5-15-20(18,19)11-2-1-4-14-10-11;;/h1-2,4,10,13,15H,3,5-9H2;2*1H. The quantitative estimate of drug-likeness (QED) is 0.762. The molecule has 1 saturated heterocycles. The molecule has 2 heterocycles. The summed E-state index contributed by atoms with van der Waals surface area (Å²) in [4.78, 5) is 17.5. The Morgan fingerprint density at radius 3 is 2.59 bits per heavy atom. The van der Waals surface area contributed by atoms with E-state index in [1.54, 1.807) is 11.0 Å². The average molecular weight is 371 g/mol. The van der Waals surface area contributed by atoms with Gasteiger partial charge in [-0.25, -0.2) is 13.1 Å². The van der Waals surface area contributed by atoms with Crippen molar-refractivity contribution in [3.8, 4) is 0 Å². The van der Waals surface area contributed by atoms with Crippen molar-refractivity contribution >= 4 is 40.7 Å². The van der Waals surface area contributed by atoms with Crippen molar-refractivity contribution in [2.75, 3.05) is 32.7 Å². The van der Waals surface area contributed by atoms with Crippen molar-refractivity contribution in [3.05, 3.63) is 24.5 Å². The fourth-order valence-corrected chi connectivity index (χ4v) is 2.95. The van der Waals surface area contributed by atoms with E-state index >= 15 is 0 Å². The highest BCUT2D eigenvalue weighted by Crippen LogP contribution is 2.05. The average Bonchev–Trinajstić information content (AvgIpc) is 2.49. The van der Waals surface area contributed by atoms with Crippen LogP contribution in [0.4, 0.5) is 0 Å². The fraction of sp³-hybridized carbons (Fsp3) is 0.500. The number of carbonyl (C=O) groups is 1. The highest BCUT2D eigenvalue weighted by molar-refractivity contribution is 7.89. The number of rotatable bonds is 5. The van der Waals surface area contributed by atoms with Crippen LogP contribution in [-0.2, 0) is 14.8 Å². The number of piperazine rings is 1. The van der Waals surface area contributed by atoms with E-state index in [1.807, 2.05) is 0 Å². The molecule has 22 heavy (non-hydrogen) atoms. The Bertz CT molecular complexity index is 551. The second-order valence-electron chi connectivity index (χ2n) is 4.47. The molecule has 0 atom stereocenters. The van der Waals surface area contributed by atoms with Gasteiger partial charge in [0.05, 0.1) is 0 Å². The maximum absolute atomic E-state index is 11.9. The number of hydrogen-bond donors (Lipinski definition) is 2. The van der Waals surface area contributed by atoms with Crippen molar-refractivity contribution < 1.29 is 13.2 Å². The molecular formula is C12H20Cl2N4O3S. The lowest BCUT2D eigenvalue weighted by atomic mass is 10.3. The molecule has 1 fully saturated rings. The van der Waals surface area contributed by atoms with Crippen LogP contribution < -0.4 is 10.0 Å². The molecule has 2 rings (SSSR count). The van der Waals surface area contributed by atoms with Crippen molar-refractivity contribution in [2.45, 2.75) is 11.3 Å². The van der Waals surface area contributed by atoms with Gasteiger partial charge in [0.25, 0.3) is 0 Å². The molecule has 0 unspecified atom stereocenters. The van der Waals surface area contributed by atoms with E-state index in [-0.39, 0.29) is 48.6 Å². The monoisotopic (exact) mass is 370 g/mol. The number of halogens is 2. The van der Waals surface area contributed by atoms with Crippen LogP contribution in [0.3, 0.4) is 0 Å². The minimum absolute atomic E-state index is 0. The molecule has 10 heteroatoms. The number of amides is 1. The second-order valence-corrected chi connectivity index (χ2v) is 6.23. The maximum atomic E-state index is 11.9. The topological polar surface area (TPSA) is 91.4 Å². The summed E-state index contributed by atoms with van der Waals surface area (Å²) in [5, 5.41) is 3.16. The van der Waals surface area contributed by atoms with Gasteiger partial charge in [0, 0.05) is 51.5 Å². The van der Waals surface area contributed by atoms with Gasteiger partial charge in [-0.15, -0.1) is 24.8 Å². The van der Waals surface area contributed by atoms with Gasteiger partial charge in [-0.1, -0.05) is 0 Å². The van der Waals surface area contributed by atoms with E-state index in [4.69, 9.17) is 0 Å². The van der Waals surface area contributed by atoms with Gasteiger partial charge >= 0.3 is 0 Å². The maximum Gasteiger partial charge on any atom is 0.242 e. The molecule has 1 aromatic rings. The molecule has 0 aliphatic carbocycles. The zero-order valence-corrected chi connectivity index (χ0v) is 14.3. The minimum Gasteiger partial charge on any atom is -0.340 e. The van der Waals surface area contributed by atoms with Crippen LogP contribution in [0.15, 0.2) is 29.4 Å². The molecule has 0 spiro atoms. The summed E-state index contributed by atoms with van der Waals surface area (Å²) in [5.74, 6) is -0.0274. The fourth-order valence-electron chi connectivity index (χ4n) is 1.95. The SMILES string of the molecule is Cl.Cl.O=C(CCNS(=O)(=O)c1cccnc1)N1CCNCC1. The third kappa shape index (κ3) is 6.05. The van der Waals surface area contributed by atoms with Gasteiger partial charge in [0.15, 0.2) is 0 Å². The van der Waals surface area contributed by atoms with Crippen LogP contribution in [0.2, 0.25) is 0 Å². The first-order valence-electron chi connectivity index (χ1n) is 6.48. The number of carbonyl (C=O) groups excluding carboxylic acids is 1. The van der Waals surface area contributed by atoms with Crippen LogP contribution in [0.1, 0.15) is 6.42 Å². The highest BCUT2D eigenvalue weighted by atomic mass is 35.5. The molecule has 126 valence electrons. The van der Waals surface area contributed by atoms with E-state index < -0.39 is 10.0 Å². The van der Waals surface area contributed by atoms with Crippen molar-refractivity contribution in [1.29, 1.82) is 0 Å². The third-order valence-corrected chi connectivity index (χ3v) is 4.49. The first-order chi connectivity index (χ1) is 9.59. The second kappa shape index (κ2) is 9.96. The van der Waals surface area contributed by atoms with Crippen molar-refractivity contribution in [2.24, 2.45) is 0 Å². The molecule has 0 aromatic carbocycles. The van der Waals surface area contributed by atoms with Crippen molar-refractivity contribution in [3.63, 3.8) is 0 Å². The summed E-state index contributed by atoms with van der Waals surface area (Å²) in [7, 11) is -3.58. The number of pyridine rings is 1. The Balaban J connectivity index is 0.00000220. The minimum atomic E-state index is -3.58. The summed E-state index contributed by atoms with van der Waals surface area (Å²) >= 11 is 0. The van der Waals surface area contributed by atoms with Gasteiger partial charge in [-0.05, 0) is 12.1 Å². The Labute approximate surface area is 142 Å². The largest absolute Gasteiger partial charge is 0.340 e. The number of hydrogen-bond acceptors (Lipinski definition) is 5. The number of nitrogens with zero attached hydrogens (tertiary/aromatic N) is 2. The zero-order valence-electron chi connectivity index (χ0n) is 11.9. The summed E-state index contributed by atoms with van der Waals surface area (Å²) in [5.41, 5.74) is 0. The Morgan fingerprint density at radius 2 is 2.00 bits per heavy atom. The highest BCUT2D eigenvalue weighted by Gasteiger charge is 2.18. The van der Waals surface area contributed by atoms with Crippen LogP contribution in [0.25, 0.3) is 0 Å². The normalized spacial score (nSPS) is 14.6. The van der Waals surface area contributed by atoms with Gasteiger partial charge in [-0.2, -0.15) is 0 Å². The van der Waals surface area contributed by atoms with Crippen LogP contribution >= 0.6 is 24.8 Å². The first kappa shape index (κ1) is 21.1. The predicted octanol–water partition coefficient (Wildman–Crippen LogP) is 0.0254. The van der Waals surface area contributed by atoms with Crippen LogP contribution in [-0.4, -0.2) is 56.9 Å². The number of aromatic nitrogens is 1.